The molecule has 1 unspecified atom stereocenters. The van der Waals surface area contributed by atoms with Crippen LogP contribution in [-0.4, -0.2) is 40.0 Å². The van der Waals surface area contributed by atoms with Gasteiger partial charge < -0.3 is 14.9 Å². The molecule has 10 heteroatoms. The number of halogens is 3. The van der Waals surface area contributed by atoms with Gasteiger partial charge in [0.1, 0.15) is 12.4 Å². The second-order valence-electron chi connectivity index (χ2n) is 3.58. The zero-order chi connectivity index (χ0) is 15.5. The van der Waals surface area contributed by atoms with Crippen molar-refractivity contribution >= 4 is 11.7 Å². The van der Waals surface area contributed by atoms with Crippen LogP contribution in [-0.2, 0) is 0 Å². The molecule has 0 spiro atoms. The molecule has 110 valence electrons. The number of hydrogen-bond donors (Lipinski definition) is 2. The van der Waals surface area contributed by atoms with E-state index in [0.717, 1.165) is 18.2 Å². The summed E-state index contributed by atoms with van der Waals surface area (Å²) in [5.41, 5.74) is -1.71. The number of nitro groups is 1. The van der Waals surface area contributed by atoms with E-state index in [1.54, 1.807) is 0 Å². The van der Waals surface area contributed by atoms with E-state index < -0.39 is 46.8 Å². The quantitative estimate of drug-likeness (QED) is 0.630. The van der Waals surface area contributed by atoms with E-state index in [-0.39, 0.29) is 0 Å². The summed E-state index contributed by atoms with van der Waals surface area (Å²) in [6.45, 7) is -1.27. The second kappa shape index (κ2) is 5.74. The highest BCUT2D eigenvalue weighted by molar-refractivity contribution is 5.95. The molecule has 0 heterocycles. The highest BCUT2D eigenvalue weighted by Crippen LogP contribution is 2.29. The third-order valence-electron chi connectivity index (χ3n) is 2.19. The Hall–Kier alpha value is -2.36. The van der Waals surface area contributed by atoms with Crippen molar-refractivity contribution < 1.29 is 37.8 Å². The number of ether oxygens (including phenoxy) is 1. The highest BCUT2D eigenvalue weighted by atomic mass is 19.4. The summed E-state index contributed by atoms with van der Waals surface area (Å²) < 4.78 is 40.7. The van der Waals surface area contributed by atoms with Gasteiger partial charge in [-0.25, -0.2) is 4.79 Å². The van der Waals surface area contributed by atoms with Crippen molar-refractivity contribution in [3.63, 3.8) is 0 Å². The smallest absolute Gasteiger partial charge is 0.417 e. The van der Waals surface area contributed by atoms with Crippen LogP contribution in [0.3, 0.4) is 0 Å². The monoisotopic (exact) mass is 295 g/mol. The predicted molar refractivity (Wildman–Crippen MR) is 57.6 cm³/mol. The molecule has 0 radical (unpaired) electrons. The van der Waals surface area contributed by atoms with Crippen LogP contribution in [0, 0.1) is 10.1 Å². The molecule has 0 fully saturated rings. The first-order chi connectivity index (χ1) is 9.14. The van der Waals surface area contributed by atoms with Gasteiger partial charge in [0, 0.05) is 6.07 Å². The Morgan fingerprint density at radius 1 is 1.45 bits per heavy atom. The molecule has 20 heavy (non-hydrogen) atoms. The molecule has 7 nitrogen and oxygen atoms in total. The Balaban J connectivity index is 3.04. The van der Waals surface area contributed by atoms with Crippen LogP contribution in [0.5, 0.6) is 5.75 Å². The lowest BCUT2D eigenvalue weighted by Crippen LogP contribution is -2.34. The van der Waals surface area contributed by atoms with Gasteiger partial charge >= 0.3 is 12.1 Å². The number of carboxylic acid groups (broad SMARTS) is 1. The summed E-state index contributed by atoms with van der Waals surface area (Å²) in [5, 5.41) is 28.2. The molecule has 0 aromatic heterocycles. The fourth-order valence-corrected chi connectivity index (χ4v) is 1.27. The van der Waals surface area contributed by atoms with Crippen molar-refractivity contribution in [3.05, 3.63) is 33.9 Å². The summed E-state index contributed by atoms with van der Waals surface area (Å²) in [7, 11) is 0. The lowest BCUT2D eigenvalue weighted by atomic mass is 10.1. The van der Waals surface area contributed by atoms with Gasteiger partial charge in [-0.3, -0.25) is 10.1 Å². The van der Waals surface area contributed by atoms with Crippen molar-refractivity contribution in [1.29, 1.82) is 0 Å². The van der Waals surface area contributed by atoms with Crippen LogP contribution in [0.1, 0.15) is 10.4 Å². The van der Waals surface area contributed by atoms with Gasteiger partial charge in [0.15, 0.2) is 11.7 Å². The summed E-state index contributed by atoms with van der Waals surface area (Å²) in [5.74, 6) is -2.36. The number of aliphatic hydroxyl groups is 1. The summed E-state index contributed by atoms with van der Waals surface area (Å²) in [6, 6.07) is 2.88. The SMILES string of the molecule is O=C(O)c1c(OCC(O)C(F)(F)F)cccc1[N+](=O)[O-]. The van der Waals surface area contributed by atoms with Gasteiger partial charge in [-0.05, 0) is 6.07 Å². The van der Waals surface area contributed by atoms with Crippen molar-refractivity contribution in [1.82, 2.24) is 0 Å². The summed E-state index contributed by atoms with van der Waals surface area (Å²) in [6.07, 6.45) is -7.77. The van der Waals surface area contributed by atoms with Crippen LogP contribution in [0.15, 0.2) is 18.2 Å². The van der Waals surface area contributed by atoms with Gasteiger partial charge in [-0.15, -0.1) is 0 Å². The Morgan fingerprint density at radius 3 is 2.50 bits per heavy atom. The lowest BCUT2D eigenvalue weighted by Gasteiger charge is -2.16. The lowest BCUT2D eigenvalue weighted by molar-refractivity contribution is -0.385. The van der Waals surface area contributed by atoms with Gasteiger partial charge in [0.2, 0.25) is 0 Å². The van der Waals surface area contributed by atoms with Crippen LogP contribution >= 0.6 is 0 Å². The highest BCUT2D eigenvalue weighted by Gasteiger charge is 2.39. The van der Waals surface area contributed by atoms with Crippen LogP contribution < -0.4 is 4.74 Å². The fraction of sp³-hybridized carbons (Fsp3) is 0.300. The molecule has 1 atom stereocenters. The molecule has 0 saturated heterocycles. The minimum Gasteiger partial charge on any atom is -0.489 e. The number of benzene rings is 1. The molecule has 2 N–H and O–H groups in total. The van der Waals surface area contributed by atoms with E-state index in [2.05, 4.69) is 4.74 Å². The Labute approximate surface area is 109 Å². The van der Waals surface area contributed by atoms with E-state index >= 15 is 0 Å². The molecule has 1 aromatic carbocycles. The van der Waals surface area contributed by atoms with E-state index in [1.807, 2.05) is 0 Å². The zero-order valence-electron chi connectivity index (χ0n) is 9.63. The van der Waals surface area contributed by atoms with E-state index in [0.29, 0.717) is 0 Å². The standard InChI is InChI=1S/C10H8F3NO6/c11-10(12,13)7(15)4-20-6-3-1-2-5(14(18)19)8(6)9(16)17/h1-3,7,15H,4H2,(H,16,17). The Kier molecular flexibility index (Phi) is 4.50. The van der Waals surface area contributed by atoms with E-state index in [4.69, 9.17) is 10.2 Å². The molecule has 1 rings (SSSR count). The molecule has 0 amide bonds. The first-order valence-corrected chi connectivity index (χ1v) is 5.03. The zero-order valence-corrected chi connectivity index (χ0v) is 9.63. The minimum atomic E-state index is -4.94. The van der Waals surface area contributed by atoms with Crippen molar-refractivity contribution in [2.75, 3.05) is 6.61 Å². The third kappa shape index (κ3) is 3.57. The van der Waals surface area contributed by atoms with E-state index in [1.165, 1.54) is 0 Å². The number of carboxylic acids is 1. The number of nitro benzene ring substituents is 1. The van der Waals surface area contributed by atoms with Crippen LogP contribution in [0.2, 0.25) is 0 Å². The number of aromatic carboxylic acids is 1. The van der Waals surface area contributed by atoms with Crippen molar-refractivity contribution in [2.24, 2.45) is 0 Å². The minimum absolute atomic E-state index is 0.630. The normalized spacial score (nSPS) is 12.8. The molecule has 0 aliphatic carbocycles. The Bertz CT molecular complexity index is 530. The number of hydrogen-bond acceptors (Lipinski definition) is 5. The molecule has 0 saturated carbocycles. The second-order valence-corrected chi connectivity index (χ2v) is 3.58. The molecule has 0 aliphatic rings. The van der Waals surface area contributed by atoms with Crippen molar-refractivity contribution in [2.45, 2.75) is 12.3 Å². The van der Waals surface area contributed by atoms with Gasteiger partial charge in [0.05, 0.1) is 4.92 Å². The maximum Gasteiger partial charge on any atom is 0.417 e. The van der Waals surface area contributed by atoms with Gasteiger partial charge in [-0.1, -0.05) is 6.07 Å². The van der Waals surface area contributed by atoms with E-state index in [9.17, 15) is 28.1 Å². The molecular weight excluding hydrogens is 287 g/mol. The first kappa shape index (κ1) is 15.7. The average molecular weight is 295 g/mol. The van der Waals surface area contributed by atoms with Crippen LogP contribution in [0.4, 0.5) is 18.9 Å². The van der Waals surface area contributed by atoms with Crippen LogP contribution in [0.25, 0.3) is 0 Å². The van der Waals surface area contributed by atoms with Crippen molar-refractivity contribution in [3.8, 4) is 5.75 Å². The predicted octanol–water partition coefficient (Wildman–Crippen LogP) is 1.59. The topological polar surface area (TPSA) is 110 Å². The molecule has 0 bridgehead atoms. The molecule has 0 aliphatic heterocycles. The number of alkyl halides is 3. The average Bonchev–Trinajstić information content (AvgIpc) is 2.33. The first-order valence-electron chi connectivity index (χ1n) is 5.03. The number of rotatable bonds is 5. The fourth-order valence-electron chi connectivity index (χ4n) is 1.27. The number of nitrogens with zero attached hydrogens (tertiary/aromatic N) is 1. The summed E-state index contributed by atoms with van der Waals surface area (Å²) in [4.78, 5) is 20.5. The largest absolute Gasteiger partial charge is 0.489 e. The third-order valence-corrected chi connectivity index (χ3v) is 2.19. The Morgan fingerprint density at radius 2 is 2.05 bits per heavy atom. The summed E-state index contributed by atoms with van der Waals surface area (Å²) >= 11 is 0. The molecule has 1 aromatic rings. The number of carbonyl (C=O) groups is 1. The van der Waals surface area contributed by atoms with Gasteiger partial charge in [0.25, 0.3) is 5.69 Å². The maximum absolute atomic E-state index is 12.1. The molecular formula is C10H8F3NO6. The maximum atomic E-state index is 12.1. The van der Waals surface area contributed by atoms with Gasteiger partial charge in [-0.2, -0.15) is 13.2 Å². The number of aliphatic hydroxyl groups excluding tert-OH is 1.